The van der Waals surface area contributed by atoms with E-state index < -0.39 is 67.4 Å². The molecular weight excluding hydrogens is 611 g/mol. The Morgan fingerprint density at radius 3 is 2.41 bits per heavy atom. The average molecular weight is 636 g/mol. The highest BCUT2D eigenvalue weighted by Crippen LogP contribution is 2.18. The minimum atomic E-state index is -5.44. The molecule has 1 atom stereocenters. The Morgan fingerprint density at radius 2 is 1.75 bits per heavy atom. The van der Waals surface area contributed by atoms with Crippen molar-refractivity contribution in [1.29, 1.82) is 0 Å². The number of carboxylic acid groups (broad SMARTS) is 1. The number of amides is 4. The number of aromatic nitrogens is 2. The molecule has 44 heavy (non-hydrogen) atoms. The topological polar surface area (TPSA) is 201 Å². The highest BCUT2D eigenvalue weighted by Gasteiger charge is 2.43. The number of carbonyl (C=O) groups is 5. The van der Waals surface area contributed by atoms with E-state index in [9.17, 15) is 42.3 Å². The van der Waals surface area contributed by atoms with Crippen molar-refractivity contribution in [3.05, 3.63) is 77.1 Å². The van der Waals surface area contributed by atoms with Crippen molar-refractivity contribution < 1.29 is 47.0 Å². The van der Waals surface area contributed by atoms with E-state index in [4.69, 9.17) is 0 Å². The van der Waals surface area contributed by atoms with Crippen molar-refractivity contribution in [1.82, 2.24) is 25.9 Å². The predicted molar refractivity (Wildman–Crippen MR) is 148 cm³/mol. The number of hydrogen-bond donors (Lipinski definition) is 5. The molecule has 0 spiro atoms. The first-order valence-electron chi connectivity index (χ1n) is 12.5. The number of carboxylic acids is 1. The Bertz CT molecular complexity index is 1500. The van der Waals surface area contributed by atoms with Gasteiger partial charge in [-0.1, -0.05) is 36.4 Å². The third-order valence-corrected chi connectivity index (χ3v) is 5.98. The Labute approximate surface area is 250 Å². The number of nitrogens with one attached hydrogen (secondary N) is 4. The molecule has 18 heteroatoms. The van der Waals surface area contributed by atoms with E-state index in [1.165, 1.54) is 17.6 Å². The molecule has 0 aliphatic heterocycles. The number of urea groups is 1. The van der Waals surface area contributed by atoms with Gasteiger partial charge in [-0.25, -0.2) is 19.6 Å². The summed E-state index contributed by atoms with van der Waals surface area (Å²) in [6.45, 7) is -0.934. The number of nitrogens with zero attached hydrogens (tertiary/aromatic N) is 3. The number of aliphatic imine (C=N–C) groups is 1. The van der Waals surface area contributed by atoms with Crippen LogP contribution in [0, 0.1) is 0 Å². The Balaban J connectivity index is 1.60. The largest absolute Gasteiger partial charge is 0.491 e. The predicted octanol–water partition coefficient (Wildman–Crippen LogP) is 2.25. The number of anilines is 1. The number of aliphatic carboxylic acids is 1. The smallest absolute Gasteiger partial charge is 0.481 e. The van der Waals surface area contributed by atoms with Crippen LogP contribution in [0.1, 0.15) is 28.2 Å². The molecule has 3 rings (SSSR count). The zero-order valence-electron chi connectivity index (χ0n) is 22.5. The van der Waals surface area contributed by atoms with E-state index in [1.807, 2.05) is 30.3 Å². The minimum Gasteiger partial charge on any atom is -0.481 e. The second kappa shape index (κ2) is 15.7. The van der Waals surface area contributed by atoms with E-state index in [0.29, 0.717) is 0 Å². The first-order chi connectivity index (χ1) is 20.9. The zero-order valence-corrected chi connectivity index (χ0v) is 23.3. The maximum absolute atomic E-state index is 12.9. The van der Waals surface area contributed by atoms with Gasteiger partial charge in [0.1, 0.15) is 11.7 Å². The van der Waals surface area contributed by atoms with Crippen LogP contribution >= 0.6 is 11.3 Å². The number of halogens is 3. The lowest BCUT2D eigenvalue weighted by Gasteiger charge is -2.19. The van der Waals surface area contributed by atoms with Crippen LogP contribution in [0.3, 0.4) is 0 Å². The van der Waals surface area contributed by atoms with E-state index in [0.717, 1.165) is 16.9 Å². The van der Waals surface area contributed by atoms with E-state index in [1.54, 1.807) is 12.1 Å². The van der Waals surface area contributed by atoms with Gasteiger partial charge in [0.2, 0.25) is 11.8 Å². The van der Waals surface area contributed by atoms with Crippen LogP contribution in [0.15, 0.2) is 65.1 Å². The molecule has 0 saturated carbocycles. The van der Waals surface area contributed by atoms with Gasteiger partial charge >= 0.3 is 24.1 Å². The van der Waals surface area contributed by atoms with Crippen molar-refractivity contribution >= 4 is 52.2 Å². The first-order valence-corrected chi connectivity index (χ1v) is 13.4. The molecule has 0 aliphatic rings. The Morgan fingerprint density at radius 1 is 1.02 bits per heavy atom. The molecule has 0 fully saturated rings. The fourth-order valence-corrected chi connectivity index (χ4v) is 3.93. The van der Waals surface area contributed by atoms with Crippen LogP contribution in [0.25, 0.3) is 0 Å². The molecule has 0 unspecified atom stereocenters. The molecule has 5 N–H and O–H groups in total. The monoisotopic (exact) mass is 635 g/mol. The molecule has 3 aromatic rings. The van der Waals surface area contributed by atoms with Gasteiger partial charge in [-0.15, -0.1) is 11.3 Å². The summed E-state index contributed by atoms with van der Waals surface area (Å²) in [7, 11) is 0. The summed E-state index contributed by atoms with van der Waals surface area (Å²) < 4.78 is 43.0. The highest BCUT2D eigenvalue weighted by atomic mass is 32.1. The summed E-state index contributed by atoms with van der Waals surface area (Å²) in [5, 5.41) is 20.0. The number of ether oxygens (including phenoxy) is 1. The van der Waals surface area contributed by atoms with Gasteiger partial charge < -0.3 is 25.8 Å². The Hall–Kier alpha value is -5.39. The first kappa shape index (κ1) is 33.1. The average Bonchev–Trinajstić information content (AvgIpc) is 3.45. The number of alkyl halides is 3. The fraction of sp³-hybridized carbons (Fsp3) is 0.231. The number of hydrogen-bond acceptors (Lipinski definition) is 10. The van der Waals surface area contributed by atoms with Gasteiger partial charge in [0, 0.05) is 18.1 Å². The van der Waals surface area contributed by atoms with Gasteiger partial charge in [-0.3, -0.25) is 24.7 Å². The number of benzene rings is 1. The second-order valence-corrected chi connectivity index (χ2v) is 9.45. The third kappa shape index (κ3) is 11.1. The molecule has 0 saturated heterocycles. The van der Waals surface area contributed by atoms with Gasteiger partial charge in [-0.2, -0.15) is 13.2 Å². The Kier molecular flexibility index (Phi) is 11.8. The molecule has 1 aromatic carbocycles. The van der Waals surface area contributed by atoms with Crippen molar-refractivity contribution in [2.75, 3.05) is 11.9 Å². The number of pyridine rings is 1. The van der Waals surface area contributed by atoms with Gasteiger partial charge in [-0.05, 0) is 17.7 Å². The van der Waals surface area contributed by atoms with Gasteiger partial charge in [0.05, 0.1) is 25.2 Å². The van der Waals surface area contributed by atoms with Crippen LogP contribution in [-0.4, -0.2) is 69.5 Å². The van der Waals surface area contributed by atoms with Crippen LogP contribution in [-0.2, 0) is 32.2 Å². The lowest BCUT2D eigenvalue weighted by atomic mass is 10.2. The summed E-state index contributed by atoms with van der Waals surface area (Å²) >= 11 is 0.924. The normalized spacial score (nSPS) is 12.0. The highest BCUT2D eigenvalue weighted by molar-refractivity contribution is 7.14. The standard InChI is InChI=1S/C26H24F3N7O7S/c27-26(28,29)23(41)43-22(32-12-16-8-4-5-9-30-16)17(10-20(38)39)34-19(37)13-31-21(40)18-14-44-25(35-18)36-24(42)33-11-15-6-2-1-3-7-15/h1-9,14,17H,10-13H2,(H,31,40)(H,34,37)(H,38,39)(H2,33,35,36,42)/t17-/m0/s1. The van der Waals surface area contributed by atoms with Crippen LogP contribution < -0.4 is 21.3 Å². The summed E-state index contributed by atoms with van der Waals surface area (Å²) in [4.78, 5) is 71.7. The number of thiazole rings is 1. The number of rotatable bonds is 12. The summed E-state index contributed by atoms with van der Waals surface area (Å²) in [5.41, 5.74) is 0.933. The van der Waals surface area contributed by atoms with E-state index in [2.05, 4.69) is 41.0 Å². The zero-order chi connectivity index (χ0) is 32.1. The molecule has 0 bridgehead atoms. The summed E-state index contributed by atoms with van der Waals surface area (Å²) in [5.74, 6) is -7.18. The van der Waals surface area contributed by atoms with Crippen molar-refractivity contribution in [2.45, 2.75) is 31.7 Å². The van der Waals surface area contributed by atoms with E-state index in [-0.39, 0.29) is 23.1 Å². The SMILES string of the molecule is O=C(O)C[C@H](NC(=O)CNC(=O)c1csc(NC(=O)NCc2ccccc2)n1)C(=NCc1ccccn1)OC(=O)C(F)(F)F. The van der Waals surface area contributed by atoms with Crippen molar-refractivity contribution in [3.63, 3.8) is 0 Å². The van der Waals surface area contributed by atoms with Crippen molar-refractivity contribution in [3.8, 4) is 0 Å². The summed E-state index contributed by atoms with van der Waals surface area (Å²) in [6.07, 6.45) is -5.09. The minimum absolute atomic E-state index is 0.0759. The molecule has 0 radical (unpaired) electrons. The van der Waals surface area contributed by atoms with Crippen LogP contribution in [0.5, 0.6) is 0 Å². The molecule has 14 nitrogen and oxygen atoms in total. The molecule has 4 amide bonds. The lowest BCUT2D eigenvalue weighted by molar-refractivity contribution is -0.191. The maximum Gasteiger partial charge on any atom is 0.491 e. The number of esters is 1. The summed E-state index contributed by atoms with van der Waals surface area (Å²) in [6, 6.07) is 11.3. The lowest BCUT2D eigenvalue weighted by Crippen LogP contribution is -2.48. The fourth-order valence-electron chi connectivity index (χ4n) is 3.24. The van der Waals surface area contributed by atoms with Crippen LogP contribution in [0.4, 0.5) is 23.1 Å². The molecule has 232 valence electrons. The number of carbonyl (C=O) groups excluding carboxylic acids is 4. The van der Waals surface area contributed by atoms with Gasteiger partial charge in [0.15, 0.2) is 5.13 Å². The molecule has 2 aromatic heterocycles. The van der Waals surface area contributed by atoms with Gasteiger partial charge in [0.25, 0.3) is 5.91 Å². The van der Waals surface area contributed by atoms with Crippen molar-refractivity contribution in [2.24, 2.45) is 4.99 Å². The molecule has 2 heterocycles. The third-order valence-electron chi connectivity index (χ3n) is 5.23. The van der Waals surface area contributed by atoms with E-state index >= 15 is 0 Å². The maximum atomic E-state index is 12.9. The molecule has 0 aliphatic carbocycles. The quantitative estimate of drug-likeness (QED) is 0.112. The van der Waals surface area contributed by atoms with Crippen LogP contribution in [0.2, 0.25) is 0 Å². The molecular formula is C26H24F3N7O7S. The second-order valence-electron chi connectivity index (χ2n) is 8.59.